The molecule has 8 nitrogen and oxygen atoms in total. The summed E-state index contributed by atoms with van der Waals surface area (Å²) in [7, 11) is -3.71. The highest BCUT2D eigenvalue weighted by molar-refractivity contribution is 7.91. The molecule has 0 aliphatic rings. The Morgan fingerprint density at radius 1 is 1.08 bits per heavy atom. The van der Waals surface area contributed by atoms with Gasteiger partial charge in [0.05, 0.1) is 22.5 Å². The third kappa shape index (κ3) is 4.19. The Morgan fingerprint density at radius 3 is 2.42 bits per heavy atom. The lowest BCUT2D eigenvalue weighted by Gasteiger charge is -2.08. The molecule has 0 aliphatic heterocycles. The summed E-state index contributed by atoms with van der Waals surface area (Å²) in [6.07, 6.45) is 3.95. The number of amides is 2. The van der Waals surface area contributed by atoms with Crippen LogP contribution in [0.2, 0.25) is 5.15 Å². The molecule has 0 atom stereocenters. The summed E-state index contributed by atoms with van der Waals surface area (Å²) < 4.78 is 30.0. The van der Waals surface area contributed by atoms with Gasteiger partial charge in [-0.2, -0.15) is 0 Å². The summed E-state index contributed by atoms with van der Waals surface area (Å²) in [5.41, 5.74) is 0.438. The van der Waals surface area contributed by atoms with Gasteiger partial charge in [-0.3, -0.25) is 0 Å². The fourth-order valence-electron chi connectivity index (χ4n) is 2.05. The predicted molar refractivity (Wildman–Crippen MR) is 93.5 cm³/mol. The number of hydrogen-bond donors (Lipinski definition) is 2. The van der Waals surface area contributed by atoms with Crippen LogP contribution in [-0.4, -0.2) is 24.4 Å². The van der Waals surface area contributed by atoms with Crippen molar-refractivity contribution in [1.82, 2.24) is 15.3 Å². The van der Waals surface area contributed by atoms with Crippen molar-refractivity contribution in [1.29, 1.82) is 0 Å². The molecule has 26 heavy (non-hydrogen) atoms. The standard InChI is InChI=1S/C16H13ClN4O4S/c17-15-6-5-14(9-19-15)26(23,24)13-3-1-11(2-4-13)21-16(22)20-8-12-7-18-10-25-12/h1-7,9-10H,8H2,(H2,20,21,22). The van der Waals surface area contributed by atoms with E-state index in [2.05, 4.69) is 20.6 Å². The maximum absolute atomic E-state index is 12.5. The van der Waals surface area contributed by atoms with Crippen molar-refractivity contribution >= 4 is 33.2 Å². The minimum absolute atomic E-state index is 0.0346. The zero-order chi connectivity index (χ0) is 18.6. The zero-order valence-electron chi connectivity index (χ0n) is 13.2. The molecule has 0 aliphatic carbocycles. The van der Waals surface area contributed by atoms with E-state index in [1.54, 1.807) is 0 Å². The normalized spacial score (nSPS) is 11.1. The summed E-state index contributed by atoms with van der Waals surface area (Å²) >= 11 is 5.67. The highest BCUT2D eigenvalue weighted by atomic mass is 35.5. The number of hydrogen-bond acceptors (Lipinski definition) is 6. The van der Waals surface area contributed by atoms with E-state index in [1.807, 2.05) is 0 Å². The molecule has 2 heterocycles. The molecule has 3 aromatic rings. The Balaban J connectivity index is 1.66. The number of oxazole rings is 1. The number of rotatable bonds is 5. The average molecular weight is 393 g/mol. The van der Waals surface area contributed by atoms with E-state index in [0.29, 0.717) is 11.4 Å². The molecule has 0 spiro atoms. The maximum Gasteiger partial charge on any atom is 0.319 e. The zero-order valence-corrected chi connectivity index (χ0v) is 14.8. The van der Waals surface area contributed by atoms with Crippen molar-refractivity contribution in [2.75, 3.05) is 5.32 Å². The molecular formula is C16H13ClN4O4S. The molecule has 0 saturated heterocycles. The molecule has 0 unspecified atom stereocenters. The first-order chi connectivity index (χ1) is 12.4. The van der Waals surface area contributed by atoms with Gasteiger partial charge in [0.15, 0.2) is 6.39 Å². The number of nitrogens with zero attached hydrogens (tertiary/aromatic N) is 2. The lowest BCUT2D eigenvalue weighted by atomic mass is 10.3. The highest BCUT2D eigenvalue weighted by Gasteiger charge is 2.18. The molecule has 3 rings (SSSR count). The minimum Gasteiger partial charge on any atom is -0.447 e. The second kappa shape index (κ2) is 7.54. The third-order valence-electron chi connectivity index (χ3n) is 3.34. The van der Waals surface area contributed by atoms with E-state index in [4.69, 9.17) is 16.0 Å². The molecule has 0 fully saturated rings. The fraction of sp³-hybridized carbons (Fsp3) is 0.0625. The Kier molecular flexibility index (Phi) is 5.19. The van der Waals surface area contributed by atoms with Crippen LogP contribution >= 0.6 is 11.6 Å². The number of nitrogens with one attached hydrogen (secondary N) is 2. The van der Waals surface area contributed by atoms with E-state index in [9.17, 15) is 13.2 Å². The highest BCUT2D eigenvalue weighted by Crippen LogP contribution is 2.22. The molecule has 0 radical (unpaired) electrons. The summed E-state index contributed by atoms with van der Waals surface area (Å²) in [6, 6.07) is 8.11. The first kappa shape index (κ1) is 17.9. The van der Waals surface area contributed by atoms with Gasteiger partial charge in [0.1, 0.15) is 10.9 Å². The molecule has 1 aromatic carbocycles. The summed E-state index contributed by atoms with van der Waals surface area (Å²) in [6.45, 7) is 0.182. The molecule has 10 heteroatoms. The van der Waals surface area contributed by atoms with Gasteiger partial charge < -0.3 is 15.1 Å². The van der Waals surface area contributed by atoms with Crippen LogP contribution in [0.1, 0.15) is 5.76 Å². The lowest BCUT2D eigenvalue weighted by Crippen LogP contribution is -2.27. The van der Waals surface area contributed by atoms with Crippen LogP contribution in [0, 0.1) is 0 Å². The number of aromatic nitrogens is 2. The predicted octanol–water partition coefficient (Wildman–Crippen LogP) is 2.88. The monoisotopic (exact) mass is 392 g/mol. The van der Waals surface area contributed by atoms with E-state index < -0.39 is 15.9 Å². The smallest absolute Gasteiger partial charge is 0.319 e. The van der Waals surface area contributed by atoms with Crippen LogP contribution < -0.4 is 10.6 Å². The topological polar surface area (TPSA) is 114 Å². The van der Waals surface area contributed by atoms with Gasteiger partial charge in [0.25, 0.3) is 0 Å². The van der Waals surface area contributed by atoms with Crippen LogP contribution in [0.3, 0.4) is 0 Å². The molecule has 0 bridgehead atoms. The number of sulfone groups is 1. The fourth-order valence-corrected chi connectivity index (χ4v) is 3.36. The SMILES string of the molecule is O=C(NCc1cnco1)Nc1ccc(S(=O)(=O)c2ccc(Cl)nc2)cc1. The molecule has 2 aromatic heterocycles. The summed E-state index contributed by atoms with van der Waals surface area (Å²) in [5, 5.41) is 5.39. The van der Waals surface area contributed by atoms with Crippen molar-refractivity contribution < 1.29 is 17.6 Å². The second-order valence-electron chi connectivity index (χ2n) is 5.12. The Bertz CT molecular complexity index is 988. The number of pyridine rings is 1. The third-order valence-corrected chi connectivity index (χ3v) is 5.32. The van der Waals surface area contributed by atoms with Crippen molar-refractivity contribution in [3.63, 3.8) is 0 Å². The molecule has 0 saturated carbocycles. The van der Waals surface area contributed by atoms with Gasteiger partial charge in [-0.1, -0.05) is 11.6 Å². The second-order valence-corrected chi connectivity index (χ2v) is 7.46. The summed E-state index contributed by atoms with van der Waals surface area (Å²) in [4.78, 5) is 19.4. The minimum atomic E-state index is -3.71. The van der Waals surface area contributed by atoms with Gasteiger partial charge in [0.2, 0.25) is 9.84 Å². The van der Waals surface area contributed by atoms with E-state index >= 15 is 0 Å². The average Bonchev–Trinajstić information content (AvgIpc) is 3.14. The van der Waals surface area contributed by atoms with Crippen LogP contribution in [-0.2, 0) is 16.4 Å². The lowest BCUT2D eigenvalue weighted by molar-refractivity contribution is 0.251. The van der Waals surface area contributed by atoms with Crippen LogP contribution in [0.4, 0.5) is 10.5 Å². The van der Waals surface area contributed by atoms with Crippen LogP contribution in [0.25, 0.3) is 0 Å². The van der Waals surface area contributed by atoms with Gasteiger partial charge in [-0.05, 0) is 36.4 Å². The van der Waals surface area contributed by atoms with E-state index in [0.717, 1.165) is 0 Å². The quantitative estimate of drug-likeness (QED) is 0.645. The number of carbonyl (C=O) groups is 1. The largest absolute Gasteiger partial charge is 0.447 e. The maximum atomic E-state index is 12.5. The first-order valence-corrected chi connectivity index (χ1v) is 9.20. The summed E-state index contributed by atoms with van der Waals surface area (Å²) in [5.74, 6) is 0.512. The van der Waals surface area contributed by atoms with Gasteiger partial charge in [0, 0.05) is 11.9 Å². The molecule has 134 valence electrons. The van der Waals surface area contributed by atoms with Crippen molar-refractivity contribution in [3.05, 3.63) is 66.1 Å². The van der Waals surface area contributed by atoms with Crippen molar-refractivity contribution in [2.45, 2.75) is 16.3 Å². The van der Waals surface area contributed by atoms with Gasteiger partial charge >= 0.3 is 6.03 Å². The van der Waals surface area contributed by atoms with Crippen LogP contribution in [0.5, 0.6) is 0 Å². The Labute approximate surface area is 154 Å². The van der Waals surface area contributed by atoms with Gasteiger partial charge in [-0.25, -0.2) is 23.2 Å². The van der Waals surface area contributed by atoms with Crippen molar-refractivity contribution in [2.24, 2.45) is 0 Å². The number of anilines is 1. The number of halogens is 1. The molecule has 2 N–H and O–H groups in total. The Morgan fingerprint density at radius 2 is 1.81 bits per heavy atom. The first-order valence-electron chi connectivity index (χ1n) is 7.34. The molecule has 2 amide bonds. The van der Waals surface area contributed by atoms with Gasteiger partial charge in [-0.15, -0.1) is 0 Å². The number of carbonyl (C=O) groups excluding carboxylic acids is 1. The van der Waals surface area contributed by atoms with E-state index in [1.165, 1.54) is 55.2 Å². The van der Waals surface area contributed by atoms with E-state index in [-0.39, 0.29) is 21.5 Å². The van der Waals surface area contributed by atoms with Crippen molar-refractivity contribution in [3.8, 4) is 0 Å². The van der Waals surface area contributed by atoms with Crippen LogP contribution in [0.15, 0.2) is 69.4 Å². The Hall–Kier alpha value is -2.91. The number of urea groups is 1. The number of benzene rings is 1. The molecular weight excluding hydrogens is 380 g/mol.